The van der Waals surface area contributed by atoms with Crippen LogP contribution in [-0.4, -0.2) is 31.1 Å². The molecule has 4 nitrogen and oxygen atoms in total. The Balaban J connectivity index is 1.40. The van der Waals surface area contributed by atoms with Crippen LogP contribution in [0.25, 0.3) is 0 Å². The number of ether oxygens (including phenoxy) is 2. The first kappa shape index (κ1) is 27.9. The molecule has 0 amide bonds. The second-order valence-corrected chi connectivity index (χ2v) is 13.2. The van der Waals surface area contributed by atoms with Crippen molar-refractivity contribution in [2.75, 3.05) is 13.2 Å². The lowest BCUT2D eigenvalue weighted by Crippen LogP contribution is -2.57. The van der Waals surface area contributed by atoms with Crippen LogP contribution >= 0.6 is 0 Å². The lowest BCUT2D eigenvalue weighted by Gasteiger charge is -2.60. The highest BCUT2D eigenvalue weighted by Gasteiger charge is 2.64. The van der Waals surface area contributed by atoms with E-state index in [2.05, 4.69) is 34.3 Å². The van der Waals surface area contributed by atoms with E-state index in [1.54, 1.807) is 6.08 Å². The van der Waals surface area contributed by atoms with Crippen LogP contribution in [0.5, 0.6) is 0 Å². The zero-order valence-corrected chi connectivity index (χ0v) is 23.6. The van der Waals surface area contributed by atoms with E-state index < -0.39 is 0 Å². The molecule has 0 N–H and O–H groups in total. The zero-order valence-electron chi connectivity index (χ0n) is 23.6. The normalized spacial score (nSPS) is 40.6. The summed E-state index contributed by atoms with van der Waals surface area (Å²) in [5, 5.41) is 0. The van der Waals surface area contributed by atoms with Crippen LogP contribution in [0, 0.1) is 46.3 Å². The van der Waals surface area contributed by atoms with E-state index in [1.165, 1.54) is 57.8 Å². The minimum atomic E-state index is -0.214. The SMILES string of the molecule is C=CCOC(=O)CC[C@@H](C)[C@H]1CC[C@H]2[C@@H]3CCC4C[C@H](OCCCCC)CC[C@]4(C)[C@H]3CC(=O)[C@]12C. The van der Waals surface area contributed by atoms with E-state index in [0.29, 0.717) is 59.2 Å². The first-order valence-corrected chi connectivity index (χ1v) is 15.2. The van der Waals surface area contributed by atoms with Gasteiger partial charge in [0, 0.05) is 24.9 Å². The van der Waals surface area contributed by atoms with Gasteiger partial charge in [0.1, 0.15) is 12.4 Å². The van der Waals surface area contributed by atoms with Crippen molar-refractivity contribution in [3.63, 3.8) is 0 Å². The molecule has 0 saturated heterocycles. The van der Waals surface area contributed by atoms with Crippen molar-refractivity contribution in [2.45, 2.75) is 117 Å². The molecule has 4 rings (SSSR count). The van der Waals surface area contributed by atoms with Gasteiger partial charge in [-0.25, -0.2) is 0 Å². The molecule has 4 fully saturated rings. The van der Waals surface area contributed by atoms with Crippen molar-refractivity contribution < 1.29 is 19.1 Å². The molecular formula is C32H52O4. The summed E-state index contributed by atoms with van der Waals surface area (Å²) in [7, 11) is 0. The van der Waals surface area contributed by atoms with Gasteiger partial charge in [-0.2, -0.15) is 0 Å². The van der Waals surface area contributed by atoms with Crippen molar-refractivity contribution in [1.29, 1.82) is 0 Å². The summed E-state index contributed by atoms with van der Waals surface area (Å²) in [6, 6.07) is 0. The lowest BCUT2D eigenvalue weighted by atomic mass is 9.44. The van der Waals surface area contributed by atoms with Crippen molar-refractivity contribution >= 4 is 11.8 Å². The number of hydrogen-bond acceptors (Lipinski definition) is 4. The molecule has 36 heavy (non-hydrogen) atoms. The maximum atomic E-state index is 14.0. The van der Waals surface area contributed by atoms with Crippen LogP contribution in [0.1, 0.15) is 111 Å². The monoisotopic (exact) mass is 500 g/mol. The van der Waals surface area contributed by atoms with Gasteiger partial charge in [0.2, 0.25) is 0 Å². The minimum absolute atomic E-state index is 0.146. The summed E-state index contributed by atoms with van der Waals surface area (Å²) in [6.45, 7) is 14.2. The van der Waals surface area contributed by atoms with Gasteiger partial charge in [-0.1, -0.05) is 53.2 Å². The van der Waals surface area contributed by atoms with Gasteiger partial charge in [0.15, 0.2) is 0 Å². The Bertz CT molecular complexity index is 791. The summed E-state index contributed by atoms with van der Waals surface area (Å²) < 4.78 is 11.5. The molecule has 0 spiro atoms. The predicted octanol–water partition coefficient (Wildman–Crippen LogP) is 7.55. The number of carbonyl (C=O) groups excluding carboxylic acids is 2. The molecule has 9 atom stereocenters. The van der Waals surface area contributed by atoms with Gasteiger partial charge in [0.05, 0.1) is 6.10 Å². The lowest BCUT2D eigenvalue weighted by molar-refractivity contribution is -0.162. The summed E-state index contributed by atoms with van der Waals surface area (Å²) in [4.78, 5) is 26.1. The van der Waals surface area contributed by atoms with Gasteiger partial charge < -0.3 is 9.47 Å². The molecule has 0 bridgehead atoms. The molecule has 0 radical (unpaired) electrons. The van der Waals surface area contributed by atoms with Crippen LogP contribution < -0.4 is 0 Å². The maximum absolute atomic E-state index is 14.0. The smallest absolute Gasteiger partial charge is 0.306 e. The predicted molar refractivity (Wildman–Crippen MR) is 144 cm³/mol. The second-order valence-electron chi connectivity index (χ2n) is 13.2. The first-order valence-electron chi connectivity index (χ1n) is 15.2. The van der Waals surface area contributed by atoms with Crippen LogP contribution in [-0.2, 0) is 19.1 Å². The van der Waals surface area contributed by atoms with E-state index in [4.69, 9.17) is 9.47 Å². The maximum Gasteiger partial charge on any atom is 0.306 e. The number of fused-ring (bicyclic) bond motifs is 5. The zero-order chi connectivity index (χ0) is 25.9. The molecule has 0 heterocycles. The van der Waals surface area contributed by atoms with Crippen molar-refractivity contribution in [3.05, 3.63) is 12.7 Å². The third-order valence-corrected chi connectivity index (χ3v) is 11.5. The molecule has 0 aromatic carbocycles. The quantitative estimate of drug-likeness (QED) is 0.167. The fraction of sp³-hybridized carbons (Fsp3) is 0.875. The van der Waals surface area contributed by atoms with Gasteiger partial charge in [0.25, 0.3) is 0 Å². The molecular weight excluding hydrogens is 448 g/mol. The minimum Gasteiger partial charge on any atom is -0.461 e. The number of hydrogen-bond donors (Lipinski definition) is 0. The molecule has 0 aliphatic heterocycles. The largest absolute Gasteiger partial charge is 0.461 e. The highest BCUT2D eigenvalue weighted by Crippen LogP contribution is 2.67. The Morgan fingerprint density at radius 1 is 1.14 bits per heavy atom. The molecule has 204 valence electrons. The number of rotatable bonds is 11. The average Bonchev–Trinajstić information content (AvgIpc) is 3.23. The van der Waals surface area contributed by atoms with Crippen molar-refractivity contribution in [2.24, 2.45) is 46.3 Å². The number of esters is 1. The van der Waals surface area contributed by atoms with E-state index in [9.17, 15) is 9.59 Å². The molecule has 4 aliphatic carbocycles. The van der Waals surface area contributed by atoms with Crippen LogP contribution in [0.3, 0.4) is 0 Å². The first-order chi connectivity index (χ1) is 17.3. The average molecular weight is 501 g/mol. The summed E-state index contributed by atoms with van der Waals surface area (Å²) in [6.07, 6.45) is 16.3. The van der Waals surface area contributed by atoms with Crippen LogP contribution in [0.4, 0.5) is 0 Å². The summed E-state index contributed by atoms with van der Waals surface area (Å²) >= 11 is 0. The van der Waals surface area contributed by atoms with Crippen LogP contribution in [0.15, 0.2) is 12.7 Å². The van der Waals surface area contributed by atoms with Crippen LogP contribution in [0.2, 0.25) is 0 Å². The van der Waals surface area contributed by atoms with E-state index in [-0.39, 0.29) is 18.0 Å². The van der Waals surface area contributed by atoms with E-state index >= 15 is 0 Å². The fourth-order valence-electron chi connectivity index (χ4n) is 9.39. The van der Waals surface area contributed by atoms with E-state index in [0.717, 1.165) is 25.9 Å². The number of ketones is 1. The third kappa shape index (κ3) is 5.22. The van der Waals surface area contributed by atoms with Gasteiger partial charge >= 0.3 is 5.97 Å². The molecule has 4 aliphatic rings. The molecule has 0 aromatic rings. The fourth-order valence-corrected chi connectivity index (χ4v) is 9.39. The second kappa shape index (κ2) is 11.7. The summed E-state index contributed by atoms with van der Waals surface area (Å²) in [5.41, 5.74) is 0.0796. The topological polar surface area (TPSA) is 52.6 Å². The van der Waals surface area contributed by atoms with E-state index in [1.807, 2.05) is 0 Å². The van der Waals surface area contributed by atoms with Crippen molar-refractivity contribution in [1.82, 2.24) is 0 Å². The molecule has 4 saturated carbocycles. The Kier molecular flexibility index (Phi) is 9.06. The highest BCUT2D eigenvalue weighted by molar-refractivity contribution is 5.87. The Morgan fingerprint density at radius 2 is 1.94 bits per heavy atom. The highest BCUT2D eigenvalue weighted by atomic mass is 16.5. The number of unbranched alkanes of at least 4 members (excludes halogenated alkanes) is 2. The van der Waals surface area contributed by atoms with Gasteiger partial charge in [-0.15, -0.1) is 0 Å². The molecule has 0 aromatic heterocycles. The Morgan fingerprint density at radius 3 is 2.69 bits per heavy atom. The standard InChI is InChI=1S/C32H52O4/c1-6-8-9-19-35-24-16-17-31(4)23(20-24)11-12-25-27-14-13-26(32(27,5)29(33)21-28(25)31)22(3)10-15-30(34)36-18-7-2/h7,22-28H,2,6,8-21H2,1,3-5H3/t22-,23?,24-,25+,26-,27+,28+,31+,32-/m1/s1. The summed E-state index contributed by atoms with van der Waals surface area (Å²) in [5.74, 6) is 3.59. The molecule has 1 unspecified atom stereocenters. The number of carbonyl (C=O) groups is 2. The number of Topliss-reactive ketones (excluding diaryl/α,β-unsaturated/α-hetero) is 1. The van der Waals surface area contributed by atoms with Gasteiger partial charge in [-0.3, -0.25) is 9.59 Å². The third-order valence-electron chi connectivity index (χ3n) is 11.5. The van der Waals surface area contributed by atoms with Crippen molar-refractivity contribution in [3.8, 4) is 0 Å². The Labute approximate surface area is 220 Å². The molecule has 4 heteroatoms. The Hall–Kier alpha value is -1.16. The van der Waals surface area contributed by atoms with Gasteiger partial charge in [-0.05, 0) is 98.7 Å².